The number of benzene rings is 10. The lowest BCUT2D eigenvalue weighted by Gasteiger charge is -2.42. The molecule has 0 bridgehead atoms. The van der Waals surface area contributed by atoms with Crippen LogP contribution >= 0.6 is 12.4 Å². The van der Waals surface area contributed by atoms with Gasteiger partial charge in [0.05, 0.1) is 84.2 Å². The number of phenols is 6. The van der Waals surface area contributed by atoms with Crippen molar-refractivity contribution in [2.75, 3.05) is 88.5 Å². The van der Waals surface area contributed by atoms with Crippen LogP contribution in [0, 0.1) is 0 Å². The zero-order chi connectivity index (χ0) is 101. The number of aliphatic hydroxyl groups is 7. The van der Waals surface area contributed by atoms with Crippen molar-refractivity contribution in [2.45, 2.75) is 158 Å². The van der Waals surface area contributed by atoms with Gasteiger partial charge >= 0.3 is 0 Å². The van der Waals surface area contributed by atoms with E-state index in [2.05, 4.69) is 109 Å². The molecule has 0 amide bonds. The van der Waals surface area contributed by atoms with Gasteiger partial charge in [-0.1, -0.05) is 147 Å². The molecule has 32 heteroatoms. The van der Waals surface area contributed by atoms with Gasteiger partial charge in [0.15, 0.2) is 35.7 Å². The molecule has 4 aliphatic carbocycles. The van der Waals surface area contributed by atoms with Gasteiger partial charge in [-0.05, 0) is 178 Å². The van der Waals surface area contributed by atoms with Crippen molar-refractivity contribution in [1.29, 1.82) is 0 Å². The minimum Gasteiger partial charge on any atom is -0.508 e. The number of methoxy groups -OCH3 is 2. The van der Waals surface area contributed by atoms with Crippen molar-refractivity contribution < 1.29 is 133 Å². The Morgan fingerprint density at radius 3 is 1.07 bits per heavy atom. The summed E-state index contributed by atoms with van der Waals surface area (Å²) in [5.41, 5.74) is 16.1. The Morgan fingerprint density at radius 1 is 0.436 bits per heavy atom. The van der Waals surface area contributed by atoms with Gasteiger partial charge in [-0.25, -0.2) is 0 Å². The Kier molecular flexibility index (Phi) is 36.6. The molecule has 17 N–H and O–H groups in total. The molecule has 140 heavy (non-hydrogen) atoms. The molecule has 31 nitrogen and oxygen atoms in total. The number of fused-ring (bicyclic) bond motifs is 6. The highest BCUT2D eigenvalue weighted by atomic mass is 35.5. The molecule has 0 spiro atoms. The molecule has 6 aliphatic rings. The smallest absolute Gasteiger partial charge is 0.202 e. The average Bonchev–Trinajstić information content (AvgIpc) is 0.712. The first-order chi connectivity index (χ1) is 66.4. The van der Waals surface area contributed by atoms with Gasteiger partial charge in [0.2, 0.25) is 11.6 Å². The number of carbonyl (C=O) groups is 6. The Labute approximate surface area is 818 Å². The number of hydrogen-bond acceptors (Lipinski definition) is 31. The summed E-state index contributed by atoms with van der Waals surface area (Å²) in [6, 6.07) is 59.6. The fourth-order valence-electron chi connectivity index (χ4n) is 18.3. The number of phenolic OH excluding ortho intramolecular Hbond substituents is 6. The molecule has 2 fully saturated rings. The maximum atomic E-state index is 13.6. The summed E-state index contributed by atoms with van der Waals surface area (Å²) in [6.45, 7) is 10.5. The molecule has 12 atom stereocenters. The highest BCUT2D eigenvalue weighted by Crippen LogP contribution is 2.56. The molecule has 10 aromatic rings. The SMILES string of the molecule is CC/C(=C(/c1ccc(OCCN(C)C)cc1)c1cccc(O)c1)c1ccccc1.CC/C(=C(/c1ccc(OCCN(C)C)cc1)c1cccc(O)c1)c1ccccc1.CCO.COc1cccc2c1C(=O)c1c(O)c3c(c(O)c1C2=O)C[C@@](O)(C(=O)CO)C[C@@H]3OC1CC(N)C(O)C(C)O1.COc1cccc2c1C(=O)c1c(O)c3c(c(O)c1C2=O)C[C@@](O)(C(=O)CO)C[C@@H]3O[C@H]1C[C@H](N)[C@H](O)[C@H](C)O1.Cl. The fourth-order valence-corrected chi connectivity index (χ4v) is 18.3. The number of carbonyl (C=O) groups excluding carboxylic acids is 6. The van der Waals surface area contributed by atoms with E-state index >= 15 is 0 Å². The third-order valence-corrected chi connectivity index (χ3v) is 25.3. The molecule has 10 aromatic carbocycles. The van der Waals surface area contributed by atoms with Crippen LogP contribution in [0.2, 0.25) is 0 Å². The maximum absolute atomic E-state index is 13.6. The van der Waals surface area contributed by atoms with E-state index in [1.807, 2.05) is 88.9 Å². The molecule has 4 unspecified atom stereocenters. The lowest BCUT2D eigenvalue weighted by molar-refractivity contribution is -0.247. The molecular weight excluding hydrogens is 1820 g/mol. The van der Waals surface area contributed by atoms with Crippen LogP contribution in [0.4, 0.5) is 0 Å². The number of rotatable bonds is 26. The summed E-state index contributed by atoms with van der Waals surface area (Å²) in [4.78, 5) is 83.7. The van der Waals surface area contributed by atoms with E-state index < -0.39 is 191 Å². The molecule has 744 valence electrons. The summed E-state index contributed by atoms with van der Waals surface area (Å²) < 4.78 is 45.7. The Bertz CT molecular complexity index is 5780. The summed E-state index contributed by atoms with van der Waals surface area (Å²) in [6.07, 6.45) is -8.48. The quantitative estimate of drug-likeness (QED) is 0.0177. The van der Waals surface area contributed by atoms with Crippen LogP contribution in [0.5, 0.6) is 57.5 Å². The number of aromatic hydroxyl groups is 6. The van der Waals surface area contributed by atoms with Crippen LogP contribution < -0.4 is 30.4 Å². The second-order valence-corrected chi connectivity index (χ2v) is 35.2. The number of hydrogen-bond donors (Lipinski definition) is 15. The van der Waals surface area contributed by atoms with E-state index in [9.17, 15) is 90.0 Å². The second kappa shape index (κ2) is 47.6. The number of nitrogens with two attached hydrogens (primary N) is 2. The molecule has 0 radical (unpaired) electrons. The highest BCUT2D eigenvalue weighted by molar-refractivity contribution is 6.32. The Balaban J connectivity index is 0.000000178. The lowest BCUT2D eigenvalue weighted by atomic mass is 9.72. The fraction of sp³-hybridized carbons (Fsp3) is 0.352. The molecule has 2 heterocycles. The van der Waals surface area contributed by atoms with Crippen molar-refractivity contribution in [3.8, 4) is 57.5 Å². The minimum atomic E-state index is -2.24. The predicted molar refractivity (Wildman–Crippen MR) is 526 cm³/mol. The van der Waals surface area contributed by atoms with Crippen LogP contribution in [0.25, 0.3) is 22.3 Å². The van der Waals surface area contributed by atoms with Crippen LogP contribution in [0.1, 0.15) is 205 Å². The second-order valence-electron chi connectivity index (χ2n) is 35.2. The number of aliphatic hydroxyl groups excluding tert-OH is 5. The molecule has 2 aliphatic heterocycles. The number of likely N-dealkylation sites (N-methyl/N-ethyl adjacent to an activating group) is 2. The average molecular weight is 1940 g/mol. The van der Waals surface area contributed by atoms with Crippen molar-refractivity contribution in [2.24, 2.45) is 11.5 Å². The zero-order valence-electron chi connectivity index (χ0n) is 79.8. The van der Waals surface area contributed by atoms with Gasteiger partial charge in [0.25, 0.3) is 0 Å². The number of allylic oxidation sites excluding steroid dienone is 2. The standard InChI is InChI=1S/2C27H29NO11.2C26H29NO2.C2H6O.ClH/c2*1-10-22(31)13(28)6-17(38-10)39-15-8-27(36,16(30)9-29)7-12-19(15)26(35)21-20(24(12)33)23(32)11-4-3-5-14(37-2)18(11)25(21)34;2*1-4-25(20-9-6-5-7-10-20)26(22-11-8-12-23(28)19-22)21-13-15-24(16-14-21)29-18-17-27(2)3;1-2-3;/h2*3-5,10,13,15,17,22,29,31,33,35-36H,6-9,28H2,1-2H3;2*5-16,19,28H,4,17-18H2,1-3H3;3H,2H2,1H3;1H/b;;2*26-25+;;/t10?,13?,15-,17?,22?,27-;10-,13-,15-,17-,22+,27-;;;;/m00..../s1. The van der Waals surface area contributed by atoms with Gasteiger partial charge in [-0.15, -0.1) is 12.4 Å². The topological polar surface area (TPSA) is 498 Å². The summed E-state index contributed by atoms with van der Waals surface area (Å²) in [5.74, 6) is -5.28. The van der Waals surface area contributed by atoms with Crippen molar-refractivity contribution in [1.82, 2.24) is 9.80 Å². The van der Waals surface area contributed by atoms with Crippen molar-refractivity contribution in [3.05, 3.63) is 294 Å². The maximum Gasteiger partial charge on any atom is 0.202 e. The van der Waals surface area contributed by atoms with Crippen molar-refractivity contribution in [3.63, 3.8) is 0 Å². The van der Waals surface area contributed by atoms with Crippen LogP contribution in [0.15, 0.2) is 194 Å². The first-order valence-corrected chi connectivity index (χ1v) is 45.9. The van der Waals surface area contributed by atoms with E-state index in [1.54, 1.807) is 32.9 Å². The Hall–Kier alpha value is -12.6. The first-order valence-electron chi connectivity index (χ1n) is 45.9. The lowest BCUT2D eigenvalue weighted by Crippen LogP contribution is -2.53. The van der Waals surface area contributed by atoms with Gasteiger partial charge in [-0.3, -0.25) is 28.8 Å². The van der Waals surface area contributed by atoms with E-state index in [0.717, 1.165) is 70.8 Å². The molecule has 0 saturated carbocycles. The third kappa shape index (κ3) is 23.5. The number of ketones is 6. The Morgan fingerprint density at radius 2 is 0.764 bits per heavy atom. The van der Waals surface area contributed by atoms with Crippen molar-refractivity contribution >= 4 is 69.4 Å². The molecule has 16 rings (SSSR count). The van der Waals surface area contributed by atoms with E-state index in [1.165, 1.54) is 72.9 Å². The van der Waals surface area contributed by atoms with Crippen LogP contribution in [-0.2, 0) is 41.4 Å². The largest absolute Gasteiger partial charge is 0.508 e. The molecule has 0 aromatic heterocycles. The number of ether oxygens (including phenoxy) is 8. The minimum absolute atomic E-state index is 0. The monoisotopic (exact) mass is 1940 g/mol. The molecular formula is C108H123ClN4O27. The van der Waals surface area contributed by atoms with Gasteiger partial charge in [0, 0.05) is 104 Å². The summed E-state index contributed by atoms with van der Waals surface area (Å²) >= 11 is 0. The zero-order valence-corrected chi connectivity index (χ0v) is 80.7. The van der Waals surface area contributed by atoms with Gasteiger partial charge in [-0.2, -0.15) is 0 Å². The van der Waals surface area contributed by atoms with E-state index in [0.29, 0.717) is 13.2 Å². The summed E-state index contributed by atoms with van der Waals surface area (Å²) in [7, 11) is 10.8. The molecule has 2 saturated heterocycles. The van der Waals surface area contributed by atoms with E-state index in [-0.39, 0.29) is 99.4 Å². The van der Waals surface area contributed by atoms with Crippen LogP contribution in [0.3, 0.4) is 0 Å². The van der Waals surface area contributed by atoms with Crippen LogP contribution in [-0.4, -0.2) is 260 Å². The predicted octanol–water partition coefficient (Wildman–Crippen LogP) is 11.8. The number of halogens is 1. The third-order valence-electron chi connectivity index (χ3n) is 25.3. The van der Waals surface area contributed by atoms with Gasteiger partial charge in [0.1, 0.15) is 95.1 Å². The number of nitrogens with zero attached hydrogens (tertiary/aromatic N) is 2. The normalized spacial score (nSPS) is 21.7. The first kappa shape index (κ1) is 108. The number of Topliss-reactive ketones (excluding diaryl/α,β-unsaturated/α-hetero) is 2. The summed E-state index contributed by atoms with van der Waals surface area (Å²) in [5, 5.41) is 135. The van der Waals surface area contributed by atoms with E-state index in [4.69, 9.17) is 54.5 Å². The highest BCUT2D eigenvalue weighted by Gasteiger charge is 2.53. The van der Waals surface area contributed by atoms with Gasteiger partial charge < -0.3 is 126 Å².